The number of carboxylic acids is 1. The molecule has 0 aromatic rings. The quantitative estimate of drug-likeness (QED) is 0.644. The van der Waals surface area contributed by atoms with Gasteiger partial charge >= 0.3 is 5.97 Å². The Kier molecular flexibility index (Phi) is 6.52. The van der Waals surface area contributed by atoms with Crippen LogP contribution in [0.3, 0.4) is 0 Å². The molecular formula is C13H26N2O2. The number of hydrogen-bond donors (Lipinski definition) is 2. The predicted molar refractivity (Wildman–Crippen MR) is 69.2 cm³/mol. The predicted octanol–water partition coefficient (Wildman–Crippen LogP) is 1.56. The summed E-state index contributed by atoms with van der Waals surface area (Å²) in [6.45, 7) is 7.87. The van der Waals surface area contributed by atoms with E-state index in [1.165, 1.54) is 19.3 Å². The summed E-state index contributed by atoms with van der Waals surface area (Å²) >= 11 is 0. The summed E-state index contributed by atoms with van der Waals surface area (Å²) in [6.07, 6.45) is 4.78. The highest BCUT2D eigenvalue weighted by atomic mass is 16.4. The van der Waals surface area contributed by atoms with Gasteiger partial charge in [-0.15, -0.1) is 0 Å². The van der Waals surface area contributed by atoms with Gasteiger partial charge in [0, 0.05) is 13.1 Å². The third kappa shape index (κ3) is 5.04. The molecule has 1 saturated carbocycles. The third-order valence-electron chi connectivity index (χ3n) is 3.67. The van der Waals surface area contributed by atoms with Crippen LogP contribution < -0.4 is 5.32 Å². The van der Waals surface area contributed by atoms with Gasteiger partial charge in [0.2, 0.25) is 0 Å². The van der Waals surface area contributed by atoms with Gasteiger partial charge in [-0.05, 0) is 38.3 Å². The molecule has 0 saturated heterocycles. The first-order valence-electron chi connectivity index (χ1n) is 6.85. The number of rotatable bonds is 9. The van der Waals surface area contributed by atoms with E-state index in [2.05, 4.69) is 17.1 Å². The fraction of sp³-hybridized carbons (Fsp3) is 0.923. The lowest BCUT2D eigenvalue weighted by Gasteiger charge is -2.32. The number of aliphatic carboxylic acids is 1. The Bertz CT molecular complexity index is 229. The molecular weight excluding hydrogens is 216 g/mol. The summed E-state index contributed by atoms with van der Waals surface area (Å²) in [5.41, 5.74) is 0. The normalized spacial score (nSPS) is 18.1. The van der Waals surface area contributed by atoms with E-state index in [4.69, 9.17) is 5.11 Å². The van der Waals surface area contributed by atoms with Gasteiger partial charge in [-0.25, -0.2) is 0 Å². The number of carboxylic acid groups (broad SMARTS) is 1. The van der Waals surface area contributed by atoms with Crippen LogP contribution in [0, 0.1) is 5.92 Å². The van der Waals surface area contributed by atoms with Gasteiger partial charge in [0.15, 0.2) is 0 Å². The Morgan fingerprint density at radius 1 is 1.47 bits per heavy atom. The number of nitrogens with one attached hydrogen (secondary N) is 1. The lowest BCUT2D eigenvalue weighted by atomic mass is 9.85. The molecule has 0 bridgehead atoms. The SMILES string of the molecule is CCNC(CCN(CC)CC1CCC1)C(=O)O. The molecule has 1 atom stereocenters. The summed E-state index contributed by atoms with van der Waals surface area (Å²) in [7, 11) is 0. The molecule has 2 N–H and O–H groups in total. The first-order valence-corrected chi connectivity index (χ1v) is 6.85. The van der Waals surface area contributed by atoms with Crippen molar-refractivity contribution in [3.8, 4) is 0 Å². The molecule has 1 fully saturated rings. The van der Waals surface area contributed by atoms with Crippen LogP contribution in [0.4, 0.5) is 0 Å². The molecule has 1 rings (SSSR count). The summed E-state index contributed by atoms with van der Waals surface area (Å²) in [5.74, 6) is 0.129. The molecule has 0 radical (unpaired) electrons. The fourth-order valence-electron chi connectivity index (χ4n) is 2.29. The molecule has 0 aromatic heterocycles. The Morgan fingerprint density at radius 2 is 2.18 bits per heavy atom. The van der Waals surface area contributed by atoms with E-state index in [9.17, 15) is 4.79 Å². The maximum atomic E-state index is 11.0. The Morgan fingerprint density at radius 3 is 2.59 bits per heavy atom. The van der Waals surface area contributed by atoms with E-state index in [-0.39, 0.29) is 0 Å². The highest BCUT2D eigenvalue weighted by Gasteiger charge is 2.21. The summed E-state index contributed by atoms with van der Waals surface area (Å²) < 4.78 is 0. The van der Waals surface area contributed by atoms with E-state index < -0.39 is 12.0 Å². The highest BCUT2D eigenvalue weighted by molar-refractivity contribution is 5.73. The van der Waals surface area contributed by atoms with E-state index in [0.29, 0.717) is 13.0 Å². The van der Waals surface area contributed by atoms with Gasteiger partial charge in [0.05, 0.1) is 0 Å². The zero-order valence-corrected chi connectivity index (χ0v) is 11.1. The van der Waals surface area contributed by atoms with Crippen molar-refractivity contribution in [3.05, 3.63) is 0 Å². The zero-order valence-electron chi connectivity index (χ0n) is 11.1. The van der Waals surface area contributed by atoms with Crippen molar-refractivity contribution in [2.45, 2.75) is 45.6 Å². The average Bonchev–Trinajstić information content (AvgIpc) is 2.25. The third-order valence-corrected chi connectivity index (χ3v) is 3.67. The van der Waals surface area contributed by atoms with Crippen LogP contribution in [0.5, 0.6) is 0 Å². The van der Waals surface area contributed by atoms with Crippen molar-refractivity contribution >= 4 is 5.97 Å². The molecule has 17 heavy (non-hydrogen) atoms. The summed E-state index contributed by atoms with van der Waals surface area (Å²) in [4.78, 5) is 13.4. The van der Waals surface area contributed by atoms with Crippen LogP contribution in [0.1, 0.15) is 39.5 Å². The maximum Gasteiger partial charge on any atom is 0.320 e. The van der Waals surface area contributed by atoms with Crippen molar-refractivity contribution in [3.63, 3.8) is 0 Å². The van der Waals surface area contributed by atoms with Crippen molar-refractivity contribution in [1.29, 1.82) is 0 Å². The van der Waals surface area contributed by atoms with Gasteiger partial charge in [-0.1, -0.05) is 20.3 Å². The second-order valence-electron chi connectivity index (χ2n) is 4.93. The van der Waals surface area contributed by atoms with E-state index in [0.717, 1.165) is 25.6 Å². The molecule has 1 aliphatic rings. The molecule has 100 valence electrons. The second kappa shape index (κ2) is 7.67. The molecule has 0 aromatic carbocycles. The number of nitrogens with zero attached hydrogens (tertiary/aromatic N) is 1. The first-order chi connectivity index (χ1) is 8.17. The molecule has 0 aliphatic heterocycles. The monoisotopic (exact) mass is 242 g/mol. The number of hydrogen-bond acceptors (Lipinski definition) is 3. The Balaban J connectivity index is 2.25. The maximum absolute atomic E-state index is 11.0. The highest BCUT2D eigenvalue weighted by Crippen LogP contribution is 2.27. The van der Waals surface area contributed by atoms with Crippen LogP contribution in [0.2, 0.25) is 0 Å². The molecule has 1 unspecified atom stereocenters. The minimum absolute atomic E-state index is 0.393. The molecule has 0 amide bonds. The molecule has 4 heteroatoms. The van der Waals surface area contributed by atoms with Gasteiger partial charge in [0.25, 0.3) is 0 Å². The fourth-order valence-corrected chi connectivity index (χ4v) is 2.29. The lowest BCUT2D eigenvalue weighted by molar-refractivity contribution is -0.139. The van der Waals surface area contributed by atoms with E-state index in [1.807, 2.05) is 6.92 Å². The van der Waals surface area contributed by atoms with E-state index >= 15 is 0 Å². The van der Waals surface area contributed by atoms with Crippen LogP contribution in [-0.4, -0.2) is 48.2 Å². The Hall–Kier alpha value is -0.610. The van der Waals surface area contributed by atoms with Gasteiger partial charge in [-0.2, -0.15) is 0 Å². The Labute approximate surface area is 104 Å². The van der Waals surface area contributed by atoms with Crippen molar-refractivity contribution in [2.75, 3.05) is 26.2 Å². The smallest absolute Gasteiger partial charge is 0.320 e. The van der Waals surface area contributed by atoms with Crippen molar-refractivity contribution < 1.29 is 9.90 Å². The largest absolute Gasteiger partial charge is 0.480 e. The number of carbonyl (C=O) groups is 1. The zero-order chi connectivity index (χ0) is 12.7. The van der Waals surface area contributed by atoms with Crippen LogP contribution >= 0.6 is 0 Å². The van der Waals surface area contributed by atoms with Crippen molar-refractivity contribution in [1.82, 2.24) is 10.2 Å². The first kappa shape index (κ1) is 14.5. The molecule has 0 spiro atoms. The van der Waals surface area contributed by atoms with Crippen LogP contribution in [0.15, 0.2) is 0 Å². The molecule has 1 aliphatic carbocycles. The van der Waals surface area contributed by atoms with Gasteiger partial charge < -0.3 is 15.3 Å². The van der Waals surface area contributed by atoms with Crippen molar-refractivity contribution in [2.24, 2.45) is 5.92 Å². The summed E-state index contributed by atoms with van der Waals surface area (Å²) in [5, 5.41) is 12.1. The molecule has 0 heterocycles. The average molecular weight is 242 g/mol. The van der Waals surface area contributed by atoms with Crippen LogP contribution in [0.25, 0.3) is 0 Å². The second-order valence-corrected chi connectivity index (χ2v) is 4.93. The van der Waals surface area contributed by atoms with E-state index in [1.54, 1.807) is 0 Å². The number of likely N-dealkylation sites (N-methyl/N-ethyl adjacent to an activating group) is 1. The topological polar surface area (TPSA) is 52.6 Å². The minimum atomic E-state index is -0.730. The summed E-state index contributed by atoms with van der Waals surface area (Å²) in [6, 6.07) is -0.393. The standard InChI is InChI=1S/C13H26N2O2/c1-3-14-12(13(16)17)8-9-15(4-2)10-11-6-5-7-11/h11-12,14H,3-10H2,1-2H3,(H,16,17). The van der Waals surface area contributed by atoms with Crippen LogP contribution in [-0.2, 0) is 4.79 Å². The van der Waals surface area contributed by atoms with Gasteiger partial charge in [0.1, 0.15) is 6.04 Å². The van der Waals surface area contributed by atoms with Gasteiger partial charge in [-0.3, -0.25) is 4.79 Å². The lowest BCUT2D eigenvalue weighted by Crippen LogP contribution is -2.41. The minimum Gasteiger partial charge on any atom is -0.480 e. The molecule has 4 nitrogen and oxygen atoms in total.